The number of carbonyl (C=O) groups excluding carboxylic acids is 1. The van der Waals surface area contributed by atoms with Gasteiger partial charge in [0.25, 0.3) is 11.6 Å². The van der Waals surface area contributed by atoms with Crippen LogP contribution in [0.5, 0.6) is 23.0 Å². The first-order chi connectivity index (χ1) is 12.0. The first kappa shape index (κ1) is 16.4. The molecule has 1 heterocycles. The van der Waals surface area contributed by atoms with E-state index in [0.717, 1.165) is 0 Å². The van der Waals surface area contributed by atoms with Crippen molar-refractivity contribution in [3.05, 3.63) is 46.0 Å². The Bertz CT molecular complexity index is 851. The van der Waals surface area contributed by atoms with E-state index in [0.29, 0.717) is 17.2 Å². The molecule has 0 saturated heterocycles. The number of hydrogen-bond donors (Lipinski definition) is 1. The molecule has 1 N–H and O–H groups in total. The van der Waals surface area contributed by atoms with Gasteiger partial charge in [0.2, 0.25) is 6.79 Å². The molecule has 0 fully saturated rings. The molecule has 0 aliphatic carbocycles. The van der Waals surface area contributed by atoms with Crippen LogP contribution in [0, 0.1) is 10.1 Å². The van der Waals surface area contributed by atoms with E-state index in [-0.39, 0.29) is 29.5 Å². The normalized spacial score (nSPS) is 11.8. The van der Waals surface area contributed by atoms with E-state index in [9.17, 15) is 14.9 Å². The maximum Gasteiger partial charge on any atom is 0.286 e. The minimum Gasteiger partial charge on any atom is -0.497 e. The lowest BCUT2D eigenvalue weighted by molar-refractivity contribution is -0.385. The average Bonchev–Trinajstić information content (AvgIpc) is 3.08. The van der Waals surface area contributed by atoms with Crippen LogP contribution in [0.2, 0.25) is 0 Å². The monoisotopic (exact) mass is 346 g/mol. The first-order valence-corrected chi connectivity index (χ1v) is 7.15. The fourth-order valence-corrected chi connectivity index (χ4v) is 2.36. The predicted molar refractivity (Wildman–Crippen MR) is 86.7 cm³/mol. The third kappa shape index (κ3) is 3.11. The molecule has 9 nitrogen and oxygen atoms in total. The summed E-state index contributed by atoms with van der Waals surface area (Å²) in [5.41, 5.74) is -0.179. The summed E-state index contributed by atoms with van der Waals surface area (Å²) in [6, 6.07) is 7.25. The van der Waals surface area contributed by atoms with E-state index in [1.807, 2.05) is 0 Å². The van der Waals surface area contributed by atoms with E-state index in [1.165, 1.54) is 26.4 Å². The number of nitrogens with one attached hydrogen (secondary N) is 1. The fourth-order valence-electron chi connectivity index (χ4n) is 2.36. The second kappa shape index (κ2) is 6.56. The molecular formula is C16H14N2O7. The van der Waals surface area contributed by atoms with Crippen LogP contribution in [-0.2, 0) is 0 Å². The molecule has 0 bridgehead atoms. The van der Waals surface area contributed by atoms with E-state index in [2.05, 4.69) is 5.32 Å². The van der Waals surface area contributed by atoms with Gasteiger partial charge in [-0.15, -0.1) is 0 Å². The standard InChI is InChI=1S/C16H14N2O7/c1-22-9-3-4-11(13(5-9)23-2)17-16(19)10-6-14-15(25-8-24-14)7-12(10)18(20)21/h3-7H,8H2,1-2H3,(H,17,19). The van der Waals surface area contributed by atoms with E-state index in [4.69, 9.17) is 18.9 Å². The summed E-state index contributed by atoms with van der Waals surface area (Å²) in [7, 11) is 2.94. The largest absolute Gasteiger partial charge is 0.497 e. The molecule has 0 radical (unpaired) electrons. The van der Waals surface area contributed by atoms with E-state index in [1.54, 1.807) is 18.2 Å². The van der Waals surface area contributed by atoms with Gasteiger partial charge in [0.15, 0.2) is 11.5 Å². The van der Waals surface area contributed by atoms with Crippen molar-refractivity contribution in [3.63, 3.8) is 0 Å². The van der Waals surface area contributed by atoms with Gasteiger partial charge >= 0.3 is 0 Å². The number of rotatable bonds is 5. The number of carbonyl (C=O) groups is 1. The third-order valence-corrected chi connectivity index (χ3v) is 3.59. The predicted octanol–water partition coefficient (Wildman–Crippen LogP) is 2.59. The molecule has 3 rings (SSSR count). The highest BCUT2D eigenvalue weighted by molar-refractivity contribution is 6.08. The van der Waals surface area contributed by atoms with Crippen molar-refractivity contribution in [2.75, 3.05) is 26.3 Å². The highest BCUT2D eigenvalue weighted by Crippen LogP contribution is 2.38. The number of nitro groups is 1. The minimum atomic E-state index is -0.673. The van der Waals surface area contributed by atoms with Crippen LogP contribution < -0.4 is 24.3 Å². The zero-order valence-electron chi connectivity index (χ0n) is 13.4. The lowest BCUT2D eigenvalue weighted by Gasteiger charge is -2.12. The summed E-state index contributed by atoms with van der Waals surface area (Å²) in [5.74, 6) is 0.733. The van der Waals surface area contributed by atoms with Crippen LogP contribution in [0.15, 0.2) is 30.3 Å². The molecule has 1 aliphatic rings. The Morgan fingerprint density at radius 1 is 1.16 bits per heavy atom. The average molecular weight is 346 g/mol. The molecule has 25 heavy (non-hydrogen) atoms. The Hall–Kier alpha value is -3.49. The Labute approximate surface area is 142 Å². The van der Waals surface area contributed by atoms with Crippen molar-refractivity contribution >= 4 is 17.3 Å². The van der Waals surface area contributed by atoms with Crippen molar-refractivity contribution in [1.82, 2.24) is 0 Å². The highest BCUT2D eigenvalue weighted by atomic mass is 16.7. The van der Waals surface area contributed by atoms with E-state index >= 15 is 0 Å². The lowest BCUT2D eigenvalue weighted by Crippen LogP contribution is -2.14. The van der Waals surface area contributed by atoms with Gasteiger partial charge in [-0.25, -0.2) is 0 Å². The molecule has 0 unspecified atom stereocenters. The van der Waals surface area contributed by atoms with Crippen LogP contribution >= 0.6 is 0 Å². The summed E-state index contributed by atoms with van der Waals surface area (Å²) in [6.07, 6.45) is 0. The number of ether oxygens (including phenoxy) is 4. The molecule has 0 spiro atoms. The Kier molecular flexibility index (Phi) is 4.29. The highest BCUT2D eigenvalue weighted by Gasteiger charge is 2.27. The summed E-state index contributed by atoms with van der Waals surface area (Å²) in [4.78, 5) is 23.2. The van der Waals surface area contributed by atoms with Crippen molar-refractivity contribution in [2.45, 2.75) is 0 Å². The van der Waals surface area contributed by atoms with Crippen molar-refractivity contribution in [2.24, 2.45) is 0 Å². The lowest BCUT2D eigenvalue weighted by atomic mass is 10.1. The molecule has 9 heteroatoms. The Morgan fingerprint density at radius 3 is 2.52 bits per heavy atom. The van der Waals surface area contributed by atoms with Gasteiger partial charge in [-0.2, -0.15) is 0 Å². The van der Waals surface area contributed by atoms with Gasteiger partial charge in [-0.05, 0) is 12.1 Å². The zero-order valence-corrected chi connectivity index (χ0v) is 13.4. The van der Waals surface area contributed by atoms with Crippen molar-refractivity contribution in [1.29, 1.82) is 0 Å². The van der Waals surface area contributed by atoms with E-state index < -0.39 is 10.8 Å². The summed E-state index contributed by atoms with van der Waals surface area (Å²) in [6.45, 7) is -0.0517. The zero-order chi connectivity index (χ0) is 18.0. The first-order valence-electron chi connectivity index (χ1n) is 7.15. The number of fused-ring (bicyclic) bond motifs is 1. The van der Waals surface area contributed by atoms with Crippen LogP contribution in [0.3, 0.4) is 0 Å². The third-order valence-electron chi connectivity index (χ3n) is 3.59. The van der Waals surface area contributed by atoms with Crippen molar-refractivity contribution < 1.29 is 28.7 Å². The van der Waals surface area contributed by atoms with Gasteiger partial charge in [-0.1, -0.05) is 0 Å². The number of nitro benzene ring substituents is 1. The Morgan fingerprint density at radius 2 is 1.88 bits per heavy atom. The molecule has 0 atom stereocenters. The second-order valence-electron chi connectivity index (χ2n) is 5.00. The smallest absolute Gasteiger partial charge is 0.286 e. The topological polar surface area (TPSA) is 109 Å². The van der Waals surface area contributed by atoms with Crippen LogP contribution in [0.25, 0.3) is 0 Å². The number of hydrogen-bond acceptors (Lipinski definition) is 7. The van der Waals surface area contributed by atoms with Crippen molar-refractivity contribution in [3.8, 4) is 23.0 Å². The van der Waals surface area contributed by atoms with Crippen LogP contribution in [0.1, 0.15) is 10.4 Å². The molecule has 0 aromatic heterocycles. The molecule has 2 aromatic carbocycles. The molecular weight excluding hydrogens is 332 g/mol. The number of anilines is 1. The fraction of sp³-hybridized carbons (Fsp3) is 0.188. The number of methoxy groups -OCH3 is 2. The molecule has 1 amide bonds. The molecule has 0 saturated carbocycles. The van der Waals surface area contributed by atoms with Crippen LogP contribution in [0.4, 0.5) is 11.4 Å². The molecule has 130 valence electrons. The summed E-state index contributed by atoms with van der Waals surface area (Å²) < 4.78 is 20.6. The molecule has 2 aromatic rings. The van der Waals surface area contributed by atoms with Crippen LogP contribution in [-0.4, -0.2) is 31.8 Å². The summed E-state index contributed by atoms with van der Waals surface area (Å²) >= 11 is 0. The molecule has 1 aliphatic heterocycles. The van der Waals surface area contributed by atoms with Gasteiger partial charge in [0, 0.05) is 12.1 Å². The number of benzene rings is 2. The number of amides is 1. The summed E-state index contributed by atoms with van der Waals surface area (Å²) in [5, 5.41) is 13.9. The van der Waals surface area contributed by atoms with Gasteiger partial charge < -0.3 is 24.3 Å². The van der Waals surface area contributed by atoms with Gasteiger partial charge in [0.1, 0.15) is 17.1 Å². The number of nitrogens with zero attached hydrogens (tertiary/aromatic N) is 1. The Balaban J connectivity index is 1.95. The SMILES string of the molecule is COc1ccc(NC(=O)c2cc3c(cc2[N+](=O)[O-])OCO3)c(OC)c1. The maximum atomic E-state index is 12.6. The van der Waals surface area contributed by atoms with Gasteiger partial charge in [0.05, 0.1) is 30.9 Å². The minimum absolute atomic E-state index is 0.0517. The quantitative estimate of drug-likeness (QED) is 0.654. The maximum absolute atomic E-state index is 12.6. The van der Waals surface area contributed by atoms with Gasteiger partial charge in [-0.3, -0.25) is 14.9 Å². The second-order valence-corrected chi connectivity index (χ2v) is 5.00.